The van der Waals surface area contributed by atoms with Crippen molar-refractivity contribution < 1.29 is 19.3 Å². The number of azide groups is 1. The number of rotatable bonds is 8. The van der Waals surface area contributed by atoms with E-state index >= 15 is 0 Å². The SMILES string of the molecule is B[C@@H](CO)OC(COC)(COC)N=[N+]=[N-]. The quantitative estimate of drug-likeness (QED) is 0.250. The van der Waals surface area contributed by atoms with Gasteiger partial charge in [0.25, 0.3) is 0 Å². The second-order valence-corrected chi connectivity index (χ2v) is 3.11. The molecule has 0 rings (SSSR count). The fourth-order valence-corrected chi connectivity index (χ4v) is 1.14. The van der Waals surface area contributed by atoms with Crippen molar-refractivity contribution in [2.75, 3.05) is 34.0 Å². The minimum Gasteiger partial charge on any atom is -0.394 e. The molecule has 7 nitrogen and oxygen atoms in total. The molecule has 1 atom stereocenters. The fourth-order valence-electron chi connectivity index (χ4n) is 1.14. The summed E-state index contributed by atoms with van der Waals surface area (Å²) in [7, 11) is 4.58. The van der Waals surface area contributed by atoms with Gasteiger partial charge in [-0.2, -0.15) is 0 Å². The molecule has 0 saturated heterocycles. The Labute approximate surface area is 89.3 Å². The molecule has 0 aromatic carbocycles. The third-order valence-electron chi connectivity index (χ3n) is 1.64. The maximum absolute atomic E-state index is 8.86. The first kappa shape index (κ1) is 14.2. The Morgan fingerprint density at radius 3 is 2.33 bits per heavy atom. The number of nitrogens with zero attached hydrogens (tertiary/aromatic N) is 3. The molecule has 0 unspecified atom stereocenters. The van der Waals surface area contributed by atoms with Crippen molar-refractivity contribution in [2.24, 2.45) is 5.11 Å². The summed E-state index contributed by atoms with van der Waals surface area (Å²) in [6.07, 6.45) is 0. The highest BCUT2D eigenvalue weighted by molar-refractivity contribution is 6.11. The summed E-state index contributed by atoms with van der Waals surface area (Å²) in [5, 5.41) is 12.4. The van der Waals surface area contributed by atoms with Crippen LogP contribution < -0.4 is 0 Å². The number of ether oxygens (including phenoxy) is 3. The van der Waals surface area contributed by atoms with Gasteiger partial charge in [0.05, 0.1) is 19.8 Å². The molecule has 0 spiro atoms. The van der Waals surface area contributed by atoms with Gasteiger partial charge in [0, 0.05) is 25.1 Å². The molecule has 0 fully saturated rings. The predicted octanol–water partition coefficient (Wildman–Crippen LogP) is -0.746. The van der Waals surface area contributed by atoms with Gasteiger partial charge in [-0.3, -0.25) is 0 Å². The van der Waals surface area contributed by atoms with E-state index in [1.807, 2.05) is 0 Å². The van der Waals surface area contributed by atoms with Crippen LogP contribution in [0.3, 0.4) is 0 Å². The van der Waals surface area contributed by atoms with Crippen molar-refractivity contribution in [2.45, 2.75) is 11.7 Å². The second kappa shape index (κ2) is 7.50. The Morgan fingerprint density at radius 1 is 1.47 bits per heavy atom. The first-order valence-electron chi connectivity index (χ1n) is 4.47. The maximum Gasteiger partial charge on any atom is 0.192 e. The monoisotopic (exact) mass is 217 g/mol. The van der Waals surface area contributed by atoms with Gasteiger partial charge in [-0.1, -0.05) is 5.11 Å². The van der Waals surface area contributed by atoms with Crippen LogP contribution in [0.1, 0.15) is 0 Å². The Morgan fingerprint density at radius 2 is 2.00 bits per heavy atom. The van der Waals surface area contributed by atoms with E-state index in [0.717, 1.165) is 0 Å². The number of hydrogen-bond donors (Lipinski definition) is 1. The number of methoxy groups -OCH3 is 2. The molecule has 86 valence electrons. The van der Waals surface area contributed by atoms with Crippen LogP contribution in [0.5, 0.6) is 0 Å². The van der Waals surface area contributed by atoms with Gasteiger partial charge in [0.15, 0.2) is 5.72 Å². The Bertz CT molecular complexity index is 216. The van der Waals surface area contributed by atoms with Crippen LogP contribution in [-0.4, -0.2) is 58.7 Å². The van der Waals surface area contributed by atoms with E-state index < -0.39 is 11.7 Å². The molecule has 0 aliphatic carbocycles. The van der Waals surface area contributed by atoms with Gasteiger partial charge >= 0.3 is 0 Å². The van der Waals surface area contributed by atoms with Crippen LogP contribution in [0.2, 0.25) is 0 Å². The van der Waals surface area contributed by atoms with Gasteiger partial charge in [-0.25, -0.2) is 0 Å². The van der Waals surface area contributed by atoms with Gasteiger partial charge in [-0.15, -0.1) is 0 Å². The fraction of sp³-hybridized carbons (Fsp3) is 1.00. The second-order valence-electron chi connectivity index (χ2n) is 3.11. The van der Waals surface area contributed by atoms with Gasteiger partial charge in [-0.05, 0) is 5.53 Å². The van der Waals surface area contributed by atoms with Gasteiger partial charge in [0.1, 0.15) is 7.85 Å². The van der Waals surface area contributed by atoms with E-state index in [0.29, 0.717) is 0 Å². The molecule has 0 saturated carbocycles. The molecular weight excluding hydrogens is 201 g/mol. The Kier molecular flexibility index (Phi) is 7.11. The predicted molar refractivity (Wildman–Crippen MR) is 56.1 cm³/mol. The van der Waals surface area contributed by atoms with Crippen LogP contribution in [0.25, 0.3) is 10.4 Å². The summed E-state index contributed by atoms with van der Waals surface area (Å²) in [5.74, 6) is 0. The summed E-state index contributed by atoms with van der Waals surface area (Å²) < 4.78 is 15.2. The average molecular weight is 217 g/mol. The van der Waals surface area contributed by atoms with E-state index in [1.54, 1.807) is 7.85 Å². The van der Waals surface area contributed by atoms with Crippen molar-refractivity contribution >= 4 is 7.85 Å². The molecule has 0 radical (unpaired) electrons. The van der Waals surface area contributed by atoms with Crippen LogP contribution in [-0.2, 0) is 14.2 Å². The average Bonchev–Trinajstić information content (AvgIpc) is 2.18. The molecule has 0 bridgehead atoms. The molecule has 0 aliphatic heterocycles. The third-order valence-corrected chi connectivity index (χ3v) is 1.64. The molecule has 0 amide bonds. The summed E-state index contributed by atoms with van der Waals surface area (Å²) in [5.41, 5.74) is 7.22. The topological polar surface area (TPSA) is 96.7 Å². The zero-order valence-electron chi connectivity index (χ0n) is 9.21. The molecular formula is C7H16BN3O4. The molecule has 8 heteroatoms. The normalized spacial score (nSPS) is 13.3. The third kappa shape index (κ3) is 5.01. The summed E-state index contributed by atoms with van der Waals surface area (Å²) in [4.78, 5) is 2.69. The molecule has 15 heavy (non-hydrogen) atoms. The van der Waals surface area contributed by atoms with E-state index in [2.05, 4.69) is 10.0 Å². The molecule has 0 aliphatic rings. The summed E-state index contributed by atoms with van der Waals surface area (Å²) in [6, 6.07) is -0.458. The number of aliphatic hydroxyl groups is 1. The summed E-state index contributed by atoms with van der Waals surface area (Å²) in [6.45, 7) is -0.0411. The summed E-state index contributed by atoms with van der Waals surface area (Å²) >= 11 is 0. The van der Waals surface area contributed by atoms with Crippen molar-refractivity contribution in [3.8, 4) is 0 Å². The zero-order valence-corrected chi connectivity index (χ0v) is 9.21. The number of hydrogen-bond acceptors (Lipinski definition) is 5. The minimum atomic E-state index is -1.22. The maximum atomic E-state index is 8.86. The lowest BCUT2D eigenvalue weighted by molar-refractivity contribution is -0.138. The molecule has 0 aromatic heterocycles. The van der Waals surface area contributed by atoms with E-state index in [-0.39, 0.29) is 19.8 Å². The van der Waals surface area contributed by atoms with Crippen LogP contribution in [0, 0.1) is 0 Å². The van der Waals surface area contributed by atoms with Crippen molar-refractivity contribution in [3.05, 3.63) is 10.4 Å². The Balaban J connectivity index is 4.67. The Hall–Kier alpha value is -0.785. The van der Waals surface area contributed by atoms with Crippen LogP contribution in [0.4, 0.5) is 0 Å². The van der Waals surface area contributed by atoms with E-state index in [4.69, 9.17) is 24.8 Å². The zero-order chi connectivity index (χ0) is 11.7. The minimum absolute atomic E-state index is 0.0647. The molecule has 0 heterocycles. The molecule has 0 aromatic rings. The first-order chi connectivity index (χ1) is 7.14. The highest BCUT2D eigenvalue weighted by Gasteiger charge is 2.32. The molecule has 1 N–H and O–H groups in total. The smallest absolute Gasteiger partial charge is 0.192 e. The van der Waals surface area contributed by atoms with Crippen molar-refractivity contribution in [1.29, 1.82) is 0 Å². The van der Waals surface area contributed by atoms with E-state index in [1.165, 1.54) is 14.2 Å². The van der Waals surface area contributed by atoms with Crippen LogP contribution in [0.15, 0.2) is 5.11 Å². The lowest BCUT2D eigenvalue weighted by Gasteiger charge is -2.30. The van der Waals surface area contributed by atoms with Crippen LogP contribution >= 0.6 is 0 Å². The van der Waals surface area contributed by atoms with Crippen molar-refractivity contribution in [1.82, 2.24) is 0 Å². The van der Waals surface area contributed by atoms with E-state index in [9.17, 15) is 0 Å². The lowest BCUT2D eigenvalue weighted by Crippen LogP contribution is -2.44. The van der Waals surface area contributed by atoms with Crippen molar-refractivity contribution in [3.63, 3.8) is 0 Å². The number of aliphatic hydroxyl groups excluding tert-OH is 1. The van der Waals surface area contributed by atoms with Gasteiger partial charge in [0.2, 0.25) is 0 Å². The highest BCUT2D eigenvalue weighted by Crippen LogP contribution is 2.16. The first-order valence-corrected chi connectivity index (χ1v) is 4.47. The standard InChI is InChI=1S/C7H16BN3O4/c1-13-4-7(5-14-2,10-11-9)15-6(8)3-12/h6,12H,3-5,8H2,1-2H3/t6-/m1/s1. The largest absolute Gasteiger partial charge is 0.394 e. The lowest BCUT2D eigenvalue weighted by atomic mass is 10.0. The van der Waals surface area contributed by atoms with Gasteiger partial charge < -0.3 is 19.3 Å². The highest BCUT2D eigenvalue weighted by atomic mass is 16.6.